The van der Waals surface area contributed by atoms with Crippen LogP contribution in [0.5, 0.6) is 0 Å². The molecule has 33 heavy (non-hydrogen) atoms. The van der Waals surface area contributed by atoms with Gasteiger partial charge in [-0.25, -0.2) is 17.5 Å². The van der Waals surface area contributed by atoms with Crippen LogP contribution in [-0.4, -0.2) is 59.5 Å². The molecule has 1 aliphatic heterocycles. The van der Waals surface area contributed by atoms with Crippen molar-refractivity contribution < 1.29 is 17.6 Å². The van der Waals surface area contributed by atoms with Crippen LogP contribution in [0, 0.1) is 12.7 Å². The van der Waals surface area contributed by atoms with Crippen molar-refractivity contribution in [3.63, 3.8) is 0 Å². The maximum atomic E-state index is 13.2. The number of sulfonamides is 1. The lowest BCUT2D eigenvalue weighted by Gasteiger charge is -2.33. The summed E-state index contributed by atoms with van der Waals surface area (Å²) in [5.41, 5.74) is 2.01. The molecule has 1 aliphatic rings. The van der Waals surface area contributed by atoms with Crippen LogP contribution in [0.4, 0.5) is 4.39 Å². The van der Waals surface area contributed by atoms with Gasteiger partial charge in [0.25, 0.3) is 5.91 Å². The molecular formula is C23H22ClFN4O3S. The molecule has 0 aliphatic carbocycles. The van der Waals surface area contributed by atoms with E-state index >= 15 is 0 Å². The molecule has 0 saturated carbocycles. The van der Waals surface area contributed by atoms with Crippen molar-refractivity contribution in [2.75, 3.05) is 26.2 Å². The fourth-order valence-corrected chi connectivity index (χ4v) is 5.14. The largest absolute Gasteiger partial charge is 0.336 e. The number of hydrogen-bond acceptors (Lipinski definition) is 4. The van der Waals surface area contributed by atoms with Gasteiger partial charge in [0.05, 0.1) is 16.9 Å². The topological polar surface area (TPSA) is 75.5 Å². The van der Waals surface area contributed by atoms with E-state index < -0.39 is 10.0 Å². The molecule has 0 unspecified atom stereocenters. The number of aromatic nitrogens is 2. The average Bonchev–Trinajstić information content (AvgIpc) is 3.12. The van der Waals surface area contributed by atoms with Gasteiger partial charge in [0.2, 0.25) is 10.0 Å². The summed E-state index contributed by atoms with van der Waals surface area (Å²) in [5.74, 6) is -0.704. The number of benzene rings is 2. The summed E-state index contributed by atoms with van der Waals surface area (Å²) >= 11 is 6.46. The van der Waals surface area contributed by atoms with Crippen molar-refractivity contribution in [3.05, 3.63) is 87.8 Å². The summed E-state index contributed by atoms with van der Waals surface area (Å²) in [6, 6.07) is 14.8. The van der Waals surface area contributed by atoms with Crippen molar-refractivity contribution in [2.45, 2.75) is 6.92 Å². The molecule has 0 atom stereocenters. The molecule has 172 valence electrons. The number of amides is 1. The monoisotopic (exact) mass is 488 g/mol. The van der Waals surface area contributed by atoms with Crippen molar-refractivity contribution in [1.82, 2.24) is 19.0 Å². The van der Waals surface area contributed by atoms with Crippen LogP contribution in [-0.2, 0) is 10.0 Å². The number of hydrogen-bond donors (Lipinski definition) is 0. The maximum absolute atomic E-state index is 13.2. The zero-order chi connectivity index (χ0) is 23.6. The van der Waals surface area contributed by atoms with E-state index in [1.807, 2.05) is 30.3 Å². The number of nitrogens with zero attached hydrogens (tertiary/aromatic N) is 4. The van der Waals surface area contributed by atoms with Gasteiger partial charge in [-0.05, 0) is 42.8 Å². The highest BCUT2D eigenvalue weighted by atomic mass is 35.5. The third kappa shape index (κ3) is 5.00. The summed E-state index contributed by atoms with van der Waals surface area (Å²) in [6.45, 7) is 2.49. The van der Waals surface area contributed by atoms with E-state index in [9.17, 15) is 17.6 Å². The van der Waals surface area contributed by atoms with Crippen LogP contribution < -0.4 is 0 Å². The van der Waals surface area contributed by atoms with Gasteiger partial charge in [-0.2, -0.15) is 9.40 Å². The van der Waals surface area contributed by atoms with E-state index in [0.29, 0.717) is 11.4 Å². The highest BCUT2D eigenvalue weighted by Crippen LogP contribution is 2.26. The molecule has 3 aromatic rings. The normalized spacial score (nSPS) is 15.3. The summed E-state index contributed by atoms with van der Waals surface area (Å²) < 4.78 is 41.3. The lowest BCUT2D eigenvalue weighted by atomic mass is 10.2. The minimum absolute atomic E-state index is 0.130. The Balaban J connectivity index is 1.45. The third-order valence-corrected chi connectivity index (χ3v) is 7.32. The minimum Gasteiger partial charge on any atom is -0.336 e. The quantitative estimate of drug-likeness (QED) is 0.548. The van der Waals surface area contributed by atoms with E-state index in [0.717, 1.165) is 5.56 Å². The van der Waals surface area contributed by atoms with E-state index in [-0.39, 0.29) is 48.6 Å². The van der Waals surface area contributed by atoms with Gasteiger partial charge in [0.1, 0.15) is 11.0 Å². The van der Waals surface area contributed by atoms with Crippen LogP contribution >= 0.6 is 11.6 Å². The molecule has 0 N–H and O–H groups in total. The summed E-state index contributed by atoms with van der Waals surface area (Å²) in [6.07, 6.45) is 1.56. The predicted molar refractivity (Wildman–Crippen MR) is 125 cm³/mol. The van der Waals surface area contributed by atoms with Gasteiger partial charge in [-0.15, -0.1) is 0 Å². The molecule has 1 amide bonds. The van der Waals surface area contributed by atoms with Crippen LogP contribution in [0.2, 0.25) is 5.15 Å². The first-order chi connectivity index (χ1) is 15.8. The lowest BCUT2D eigenvalue weighted by molar-refractivity contribution is 0.0698. The Kier molecular flexibility index (Phi) is 6.64. The molecule has 0 bridgehead atoms. The molecular weight excluding hydrogens is 467 g/mol. The molecule has 2 aromatic carbocycles. The number of piperazine rings is 1. The Morgan fingerprint density at radius 2 is 1.67 bits per heavy atom. The Bertz CT molecular complexity index is 1280. The van der Waals surface area contributed by atoms with Gasteiger partial charge >= 0.3 is 0 Å². The summed E-state index contributed by atoms with van der Waals surface area (Å²) in [4.78, 5) is 14.7. The highest BCUT2D eigenvalue weighted by Gasteiger charge is 2.31. The Morgan fingerprint density at radius 1 is 1.03 bits per heavy atom. The van der Waals surface area contributed by atoms with E-state index in [1.54, 1.807) is 17.9 Å². The van der Waals surface area contributed by atoms with E-state index in [1.165, 1.54) is 38.7 Å². The van der Waals surface area contributed by atoms with Crippen molar-refractivity contribution in [1.29, 1.82) is 0 Å². The summed E-state index contributed by atoms with van der Waals surface area (Å²) in [5, 5.41) is 5.65. The van der Waals surface area contributed by atoms with Crippen molar-refractivity contribution >= 4 is 33.6 Å². The molecule has 1 saturated heterocycles. The van der Waals surface area contributed by atoms with Gasteiger partial charge in [-0.1, -0.05) is 41.9 Å². The second-order valence-electron chi connectivity index (χ2n) is 7.59. The Labute approximate surface area is 196 Å². The van der Waals surface area contributed by atoms with Gasteiger partial charge in [0, 0.05) is 31.6 Å². The molecule has 4 rings (SSSR count). The van der Waals surface area contributed by atoms with Gasteiger partial charge in [-0.3, -0.25) is 4.79 Å². The molecule has 1 aromatic heterocycles. The second kappa shape index (κ2) is 9.46. The highest BCUT2D eigenvalue weighted by molar-refractivity contribution is 7.92. The number of carbonyl (C=O) groups excluding carboxylic acids is 1. The zero-order valence-corrected chi connectivity index (χ0v) is 19.4. The first-order valence-corrected chi connectivity index (χ1v) is 12.2. The molecule has 0 spiro atoms. The van der Waals surface area contributed by atoms with Crippen LogP contribution in [0.1, 0.15) is 21.6 Å². The third-order valence-electron chi connectivity index (χ3n) is 5.41. The molecule has 1 fully saturated rings. The minimum atomic E-state index is -3.61. The number of aryl methyl sites for hydroxylation is 1. The van der Waals surface area contributed by atoms with Gasteiger partial charge in [0.15, 0.2) is 0 Å². The van der Waals surface area contributed by atoms with Crippen molar-refractivity contribution in [3.8, 4) is 5.69 Å². The molecule has 7 nitrogen and oxygen atoms in total. The number of halogens is 2. The van der Waals surface area contributed by atoms with Crippen LogP contribution in [0.25, 0.3) is 11.8 Å². The smallest absolute Gasteiger partial charge is 0.259 e. The molecule has 0 radical (unpaired) electrons. The summed E-state index contributed by atoms with van der Waals surface area (Å²) in [7, 11) is -3.61. The average molecular weight is 489 g/mol. The Hall–Kier alpha value is -3.01. The SMILES string of the molecule is Cc1nn(-c2ccc(F)cc2)c(Cl)c1C(=O)N1CCN(S(=O)(=O)/C=C/c2ccccc2)CC1. The molecule has 10 heteroatoms. The Morgan fingerprint density at radius 3 is 2.30 bits per heavy atom. The lowest BCUT2D eigenvalue weighted by Crippen LogP contribution is -2.50. The predicted octanol–water partition coefficient (Wildman–Crippen LogP) is 3.73. The first-order valence-electron chi connectivity index (χ1n) is 10.3. The van der Waals surface area contributed by atoms with Crippen LogP contribution in [0.15, 0.2) is 60.0 Å². The fourth-order valence-electron chi connectivity index (χ4n) is 3.61. The van der Waals surface area contributed by atoms with E-state index in [4.69, 9.17) is 11.6 Å². The van der Waals surface area contributed by atoms with E-state index in [2.05, 4.69) is 5.10 Å². The maximum Gasteiger partial charge on any atom is 0.259 e. The zero-order valence-electron chi connectivity index (χ0n) is 17.9. The first kappa shape index (κ1) is 23.2. The molecule has 2 heterocycles. The second-order valence-corrected chi connectivity index (χ2v) is 9.77. The van der Waals surface area contributed by atoms with Gasteiger partial charge < -0.3 is 4.90 Å². The number of carbonyl (C=O) groups is 1. The fraction of sp³-hybridized carbons (Fsp3) is 0.217. The van der Waals surface area contributed by atoms with Crippen molar-refractivity contribution in [2.24, 2.45) is 0 Å². The number of rotatable bonds is 5. The standard InChI is InChI=1S/C23H22ClFN4O3S/c1-17-21(22(24)29(26-17)20-9-7-19(25)8-10-20)23(30)27-12-14-28(15-13-27)33(31,32)16-11-18-5-3-2-4-6-18/h2-11,16H,12-15H2,1H3/b16-11+. The van der Waals surface area contributed by atoms with Crippen LogP contribution in [0.3, 0.4) is 0 Å².